The molecule has 0 aliphatic carbocycles. The van der Waals surface area contributed by atoms with Crippen LogP contribution >= 0.6 is 0 Å². The van der Waals surface area contributed by atoms with Crippen molar-refractivity contribution in [2.45, 2.75) is 27.7 Å². The third-order valence-electron chi connectivity index (χ3n) is 2.13. The van der Waals surface area contributed by atoms with E-state index in [4.69, 9.17) is 0 Å². The number of hydrogen-bond donors (Lipinski definition) is 3. The van der Waals surface area contributed by atoms with Gasteiger partial charge in [0.05, 0.1) is 0 Å². The van der Waals surface area contributed by atoms with E-state index in [2.05, 4.69) is 29.8 Å². The lowest BCUT2D eigenvalue weighted by atomic mass is 10.1. The molecule has 0 aromatic heterocycles. The Morgan fingerprint density at radius 1 is 1.12 bits per heavy atom. The average Bonchev–Trinajstić information content (AvgIpc) is 2.20. The van der Waals surface area contributed by atoms with E-state index in [1.165, 1.54) is 6.92 Å². The first-order valence-electron chi connectivity index (χ1n) is 5.39. The highest BCUT2D eigenvalue weighted by Gasteiger charge is 1.99. The second kappa shape index (κ2) is 7.73. The van der Waals surface area contributed by atoms with Crippen molar-refractivity contribution in [1.29, 1.82) is 0 Å². The smallest absolute Gasteiger partial charge is 0.318 e. The van der Waals surface area contributed by atoms with E-state index in [1.54, 1.807) is 6.20 Å². The van der Waals surface area contributed by atoms with Crippen LogP contribution in [0, 0.1) is 5.92 Å². The van der Waals surface area contributed by atoms with Crippen LogP contribution in [0.5, 0.6) is 0 Å². The number of carbonyl (C=O) groups excluding carboxylic acids is 2. The second-order valence-corrected chi connectivity index (χ2v) is 3.93. The molecule has 0 aliphatic rings. The summed E-state index contributed by atoms with van der Waals surface area (Å²) in [6.45, 7) is 8.37. The van der Waals surface area contributed by atoms with Crippen LogP contribution < -0.4 is 16.0 Å². The standard InChI is InChI=1S/C11H21N3O2/c1-8(2)9(3)7-14-11(16)13-6-5-12-10(4)15/h7-8H,5-6H2,1-4H3,(H,12,15)(H2,13,14,16)/b9-7+. The van der Waals surface area contributed by atoms with Gasteiger partial charge in [-0.25, -0.2) is 4.79 Å². The normalized spacial score (nSPS) is 11.2. The summed E-state index contributed by atoms with van der Waals surface area (Å²) in [6.07, 6.45) is 1.69. The monoisotopic (exact) mass is 227 g/mol. The number of hydrogen-bond acceptors (Lipinski definition) is 2. The van der Waals surface area contributed by atoms with Gasteiger partial charge in [0.25, 0.3) is 0 Å². The quantitative estimate of drug-likeness (QED) is 0.613. The highest BCUT2D eigenvalue weighted by molar-refractivity contribution is 5.75. The summed E-state index contributed by atoms with van der Waals surface area (Å²) in [4.78, 5) is 21.8. The van der Waals surface area contributed by atoms with Crippen molar-refractivity contribution in [3.05, 3.63) is 11.8 Å². The van der Waals surface area contributed by atoms with Crippen molar-refractivity contribution in [3.8, 4) is 0 Å². The highest BCUT2D eigenvalue weighted by Crippen LogP contribution is 2.05. The van der Waals surface area contributed by atoms with Gasteiger partial charge in [-0.15, -0.1) is 0 Å². The zero-order chi connectivity index (χ0) is 12.6. The highest BCUT2D eigenvalue weighted by atomic mass is 16.2. The molecule has 0 aromatic rings. The van der Waals surface area contributed by atoms with E-state index in [-0.39, 0.29) is 11.9 Å². The minimum absolute atomic E-state index is 0.0993. The van der Waals surface area contributed by atoms with Crippen molar-refractivity contribution in [2.75, 3.05) is 13.1 Å². The Labute approximate surface area is 96.7 Å². The van der Waals surface area contributed by atoms with Gasteiger partial charge in [-0.2, -0.15) is 0 Å². The zero-order valence-corrected chi connectivity index (χ0v) is 10.4. The maximum atomic E-state index is 11.2. The van der Waals surface area contributed by atoms with Gasteiger partial charge in [-0.1, -0.05) is 19.4 Å². The first kappa shape index (κ1) is 14.5. The Kier molecular flexibility index (Phi) is 7.00. The number of amides is 3. The molecule has 3 amide bonds. The predicted molar refractivity (Wildman–Crippen MR) is 63.8 cm³/mol. The molecule has 0 bridgehead atoms. The fourth-order valence-corrected chi connectivity index (χ4v) is 0.812. The number of rotatable bonds is 5. The van der Waals surface area contributed by atoms with Crippen LogP contribution in [0.4, 0.5) is 4.79 Å². The van der Waals surface area contributed by atoms with Gasteiger partial charge >= 0.3 is 6.03 Å². The maximum Gasteiger partial charge on any atom is 0.318 e. The first-order valence-corrected chi connectivity index (χ1v) is 5.39. The van der Waals surface area contributed by atoms with Gasteiger partial charge < -0.3 is 16.0 Å². The Hall–Kier alpha value is -1.52. The maximum absolute atomic E-state index is 11.2. The minimum Gasteiger partial charge on any atom is -0.355 e. The van der Waals surface area contributed by atoms with Gasteiger partial charge in [0.1, 0.15) is 0 Å². The summed E-state index contributed by atoms with van der Waals surface area (Å²) in [5.74, 6) is 0.317. The van der Waals surface area contributed by atoms with Gasteiger partial charge in [0.2, 0.25) is 5.91 Å². The topological polar surface area (TPSA) is 70.2 Å². The summed E-state index contributed by atoms with van der Waals surface area (Å²) in [7, 11) is 0. The molecule has 16 heavy (non-hydrogen) atoms. The molecule has 92 valence electrons. The Bertz CT molecular complexity index is 272. The van der Waals surface area contributed by atoms with Crippen LogP contribution in [0.15, 0.2) is 11.8 Å². The minimum atomic E-state index is -0.259. The lowest BCUT2D eigenvalue weighted by Crippen LogP contribution is -2.38. The number of carbonyl (C=O) groups is 2. The predicted octanol–water partition coefficient (Wildman–Crippen LogP) is 0.981. The van der Waals surface area contributed by atoms with Crippen LogP contribution in [0.3, 0.4) is 0 Å². The van der Waals surface area contributed by atoms with E-state index in [0.717, 1.165) is 5.57 Å². The molecule has 3 N–H and O–H groups in total. The number of urea groups is 1. The SMILES string of the molecule is CC(=O)NCCNC(=O)N/C=C(\C)C(C)C. The molecule has 0 radical (unpaired) electrons. The van der Waals surface area contributed by atoms with Crippen molar-refractivity contribution in [1.82, 2.24) is 16.0 Å². The zero-order valence-electron chi connectivity index (χ0n) is 10.4. The van der Waals surface area contributed by atoms with Gasteiger partial charge in [0.15, 0.2) is 0 Å². The average molecular weight is 227 g/mol. The molecule has 0 saturated carbocycles. The van der Waals surface area contributed by atoms with Crippen molar-refractivity contribution < 1.29 is 9.59 Å². The first-order chi connectivity index (χ1) is 7.43. The van der Waals surface area contributed by atoms with Crippen LogP contribution in [0.2, 0.25) is 0 Å². The van der Waals surface area contributed by atoms with Crippen molar-refractivity contribution >= 4 is 11.9 Å². The fraction of sp³-hybridized carbons (Fsp3) is 0.636. The summed E-state index contributed by atoms with van der Waals surface area (Å²) < 4.78 is 0. The molecule has 5 heteroatoms. The molecule has 0 heterocycles. The Balaban J connectivity index is 3.67. The summed E-state index contributed by atoms with van der Waals surface area (Å²) in [6, 6.07) is -0.259. The van der Waals surface area contributed by atoms with Gasteiger partial charge in [-0.05, 0) is 12.8 Å². The Morgan fingerprint density at radius 2 is 1.69 bits per heavy atom. The molecule has 0 atom stereocenters. The Morgan fingerprint density at radius 3 is 2.19 bits per heavy atom. The molecular formula is C11H21N3O2. The number of nitrogens with one attached hydrogen (secondary N) is 3. The molecular weight excluding hydrogens is 206 g/mol. The van der Waals surface area contributed by atoms with E-state index in [9.17, 15) is 9.59 Å². The second-order valence-electron chi connectivity index (χ2n) is 3.93. The third kappa shape index (κ3) is 7.84. The summed E-state index contributed by atoms with van der Waals surface area (Å²) in [5.41, 5.74) is 1.11. The molecule has 0 aromatic carbocycles. The number of allylic oxidation sites excluding steroid dienone is 1. The van der Waals surface area contributed by atoms with Gasteiger partial charge in [0, 0.05) is 26.2 Å². The summed E-state index contributed by atoms with van der Waals surface area (Å²) in [5, 5.41) is 7.84. The van der Waals surface area contributed by atoms with E-state index >= 15 is 0 Å². The molecule has 0 saturated heterocycles. The molecule has 5 nitrogen and oxygen atoms in total. The molecule has 0 spiro atoms. The molecule has 0 unspecified atom stereocenters. The van der Waals surface area contributed by atoms with E-state index in [1.807, 2.05) is 6.92 Å². The van der Waals surface area contributed by atoms with Crippen LogP contribution in [0.25, 0.3) is 0 Å². The van der Waals surface area contributed by atoms with E-state index < -0.39 is 0 Å². The summed E-state index contributed by atoms with van der Waals surface area (Å²) >= 11 is 0. The lowest BCUT2D eigenvalue weighted by Gasteiger charge is -2.07. The van der Waals surface area contributed by atoms with Gasteiger partial charge in [-0.3, -0.25) is 4.79 Å². The van der Waals surface area contributed by atoms with Crippen LogP contribution in [-0.2, 0) is 4.79 Å². The third-order valence-corrected chi connectivity index (χ3v) is 2.13. The van der Waals surface area contributed by atoms with Crippen molar-refractivity contribution in [2.24, 2.45) is 5.92 Å². The van der Waals surface area contributed by atoms with Crippen LogP contribution in [0.1, 0.15) is 27.7 Å². The van der Waals surface area contributed by atoms with Crippen LogP contribution in [-0.4, -0.2) is 25.0 Å². The molecule has 0 aliphatic heterocycles. The van der Waals surface area contributed by atoms with E-state index in [0.29, 0.717) is 19.0 Å². The lowest BCUT2D eigenvalue weighted by molar-refractivity contribution is -0.118. The molecule has 0 fully saturated rings. The largest absolute Gasteiger partial charge is 0.355 e. The van der Waals surface area contributed by atoms with Crippen molar-refractivity contribution in [3.63, 3.8) is 0 Å². The molecule has 0 rings (SSSR count). The fourth-order valence-electron chi connectivity index (χ4n) is 0.812.